The van der Waals surface area contributed by atoms with Crippen LogP contribution in [0.25, 0.3) is 0 Å². The van der Waals surface area contributed by atoms with Crippen molar-refractivity contribution in [1.29, 1.82) is 0 Å². The van der Waals surface area contributed by atoms with E-state index >= 15 is 0 Å². The lowest BCUT2D eigenvalue weighted by Gasteiger charge is -2.33. The van der Waals surface area contributed by atoms with Crippen LogP contribution < -0.4 is 16.0 Å². The quantitative estimate of drug-likeness (QED) is 0.453. The van der Waals surface area contributed by atoms with Gasteiger partial charge in [-0.3, -0.25) is 4.79 Å². The standard InChI is InChI=1S/C24H25Cl2N5O3S/c1-14-12-24(2,3)31(13-14)23-20(22(27)32)17(10-11-28-23)35(33,34)19-9-5-8-18(30-19)29-16-7-4-6-15(25)21(16)26/h4-11,14H,12-13H2,1-3H3,(H2,27,32)(H,29,30). The van der Waals surface area contributed by atoms with Gasteiger partial charge in [0, 0.05) is 18.3 Å². The maximum absolute atomic E-state index is 13.7. The Morgan fingerprint density at radius 3 is 2.54 bits per heavy atom. The number of nitrogens with one attached hydrogen (secondary N) is 1. The Morgan fingerprint density at radius 1 is 1.17 bits per heavy atom. The molecule has 1 amide bonds. The monoisotopic (exact) mass is 533 g/mol. The van der Waals surface area contributed by atoms with Crippen molar-refractivity contribution in [3.8, 4) is 0 Å². The normalized spacial score (nSPS) is 17.4. The number of rotatable bonds is 6. The molecule has 0 radical (unpaired) electrons. The van der Waals surface area contributed by atoms with Crippen molar-refractivity contribution in [1.82, 2.24) is 9.97 Å². The summed E-state index contributed by atoms with van der Waals surface area (Å²) in [5.74, 6) is -0.0369. The Hall–Kier alpha value is -2.88. The van der Waals surface area contributed by atoms with E-state index in [4.69, 9.17) is 28.9 Å². The number of pyridine rings is 2. The van der Waals surface area contributed by atoms with E-state index in [0.29, 0.717) is 23.2 Å². The van der Waals surface area contributed by atoms with Gasteiger partial charge in [-0.25, -0.2) is 18.4 Å². The van der Waals surface area contributed by atoms with Crippen molar-refractivity contribution < 1.29 is 13.2 Å². The third-order valence-electron chi connectivity index (χ3n) is 5.97. The number of hydrogen-bond donors (Lipinski definition) is 2. The smallest absolute Gasteiger partial charge is 0.253 e. The molecule has 3 N–H and O–H groups in total. The molecule has 184 valence electrons. The first-order valence-corrected chi connectivity index (χ1v) is 13.2. The molecule has 0 saturated carbocycles. The molecule has 8 nitrogen and oxygen atoms in total. The lowest BCUT2D eigenvalue weighted by molar-refractivity contribution is 0.0997. The highest BCUT2D eigenvalue weighted by molar-refractivity contribution is 7.91. The molecule has 1 aliphatic heterocycles. The molecule has 1 aliphatic rings. The lowest BCUT2D eigenvalue weighted by Crippen LogP contribution is -2.40. The minimum Gasteiger partial charge on any atom is -0.365 e. The van der Waals surface area contributed by atoms with Crippen LogP contribution in [0.1, 0.15) is 37.6 Å². The first-order chi connectivity index (χ1) is 16.4. The van der Waals surface area contributed by atoms with E-state index in [1.54, 1.807) is 24.3 Å². The summed E-state index contributed by atoms with van der Waals surface area (Å²) in [6.45, 7) is 6.78. The molecule has 1 atom stereocenters. The van der Waals surface area contributed by atoms with Gasteiger partial charge in [0.15, 0.2) is 5.03 Å². The fraction of sp³-hybridized carbons (Fsp3) is 0.292. The van der Waals surface area contributed by atoms with Crippen LogP contribution in [0.15, 0.2) is 58.6 Å². The van der Waals surface area contributed by atoms with Crippen molar-refractivity contribution in [2.45, 2.75) is 42.7 Å². The Bertz CT molecular complexity index is 1410. The number of benzene rings is 1. The minimum atomic E-state index is -4.23. The van der Waals surface area contributed by atoms with Crippen LogP contribution in [0.3, 0.4) is 0 Å². The number of sulfone groups is 1. The first-order valence-electron chi connectivity index (χ1n) is 10.9. The summed E-state index contributed by atoms with van der Waals surface area (Å²) >= 11 is 12.3. The number of nitrogens with zero attached hydrogens (tertiary/aromatic N) is 3. The Morgan fingerprint density at radius 2 is 1.89 bits per heavy atom. The van der Waals surface area contributed by atoms with E-state index in [-0.39, 0.29) is 37.7 Å². The molecule has 1 aromatic carbocycles. The van der Waals surface area contributed by atoms with Gasteiger partial charge in [-0.2, -0.15) is 0 Å². The molecule has 0 spiro atoms. The van der Waals surface area contributed by atoms with Crippen LogP contribution in [-0.4, -0.2) is 36.4 Å². The molecular formula is C24H25Cl2N5O3S. The van der Waals surface area contributed by atoms with E-state index in [0.717, 1.165) is 6.42 Å². The molecule has 1 unspecified atom stereocenters. The summed E-state index contributed by atoms with van der Waals surface area (Å²) in [5, 5.41) is 3.35. The second kappa shape index (κ2) is 9.29. The minimum absolute atomic E-state index is 0.146. The number of halogens is 2. The topological polar surface area (TPSA) is 118 Å². The summed E-state index contributed by atoms with van der Waals surface area (Å²) < 4.78 is 27.4. The average Bonchev–Trinajstić information content (AvgIpc) is 3.08. The number of aromatic nitrogens is 2. The van der Waals surface area contributed by atoms with Crippen molar-refractivity contribution in [2.24, 2.45) is 11.7 Å². The zero-order chi connectivity index (χ0) is 25.5. The van der Waals surface area contributed by atoms with Gasteiger partial charge in [0.25, 0.3) is 5.91 Å². The van der Waals surface area contributed by atoms with E-state index in [9.17, 15) is 13.2 Å². The zero-order valence-electron chi connectivity index (χ0n) is 19.4. The third-order valence-corrected chi connectivity index (χ3v) is 8.49. The predicted octanol–water partition coefficient (Wildman–Crippen LogP) is 5.08. The zero-order valence-corrected chi connectivity index (χ0v) is 21.7. The molecule has 11 heteroatoms. The Balaban J connectivity index is 1.79. The highest BCUT2D eigenvalue weighted by atomic mass is 35.5. The lowest BCUT2D eigenvalue weighted by atomic mass is 9.97. The van der Waals surface area contributed by atoms with Crippen LogP contribution in [0.4, 0.5) is 17.3 Å². The number of nitrogens with two attached hydrogens (primary N) is 1. The second-order valence-corrected chi connectivity index (χ2v) is 11.8. The van der Waals surface area contributed by atoms with Crippen molar-refractivity contribution >= 4 is 56.3 Å². The SMILES string of the molecule is CC1CN(c2nccc(S(=O)(=O)c3cccc(Nc4cccc(Cl)c4Cl)n3)c2C(N)=O)C(C)(C)C1. The fourth-order valence-corrected chi connectivity index (χ4v) is 6.29. The second-order valence-electron chi connectivity index (χ2n) is 9.20. The van der Waals surface area contributed by atoms with E-state index < -0.39 is 15.7 Å². The van der Waals surface area contributed by atoms with Crippen molar-refractivity contribution in [3.63, 3.8) is 0 Å². The number of anilines is 3. The Labute approximate surface area is 214 Å². The Kier molecular flexibility index (Phi) is 6.70. The van der Waals surface area contributed by atoms with E-state index in [2.05, 4.69) is 22.2 Å². The van der Waals surface area contributed by atoms with Crippen LogP contribution >= 0.6 is 23.2 Å². The van der Waals surface area contributed by atoms with E-state index in [1.807, 2.05) is 18.7 Å². The van der Waals surface area contributed by atoms with Crippen LogP contribution in [0, 0.1) is 5.92 Å². The van der Waals surface area contributed by atoms with Gasteiger partial charge in [-0.1, -0.05) is 42.3 Å². The summed E-state index contributed by atoms with van der Waals surface area (Å²) in [7, 11) is -4.23. The largest absolute Gasteiger partial charge is 0.365 e. The van der Waals surface area contributed by atoms with Crippen molar-refractivity contribution in [2.75, 3.05) is 16.8 Å². The highest BCUT2D eigenvalue weighted by Gasteiger charge is 2.40. The van der Waals surface area contributed by atoms with Gasteiger partial charge in [0.1, 0.15) is 17.2 Å². The molecular weight excluding hydrogens is 509 g/mol. The number of amides is 1. The van der Waals surface area contributed by atoms with Gasteiger partial charge in [-0.05, 0) is 56.5 Å². The predicted molar refractivity (Wildman–Crippen MR) is 137 cm³/mol. The molecule has 1 saturated heterocycles. The molecule has 3 aromatic rings. The first kappa shape index (κ1) is 25.2. The van der Waals surface area contributed by atoms with Gasteiger partial charge in [0.2, 0.25) is 9.84 Å². The maximum atomic E-state index is 13.7. The number of hydrogen-bond acceptors (Lipinski definition) is 7. The summed E-state index contributed by atoms with van der Waals surface area (Å²) in [6.07, 6.45) is 2.24. The summed E-state index contributed by atoms with van der Waals surface area (Å²) in [6, 6.07) is 10.8. The summed E-state index contributed by atoms with van der Waals surface area (Å²) in [4.78, 5) is 22.9. The highest BCUT2D eigenvalue weighted by Crippen LogP contribution is 2.39. The van der Waals surface area contributed by atoms with Gasteiger partial charge in [0.05, 0.1) is 20.6 Å². The fourth-order valence-electron chi connectivity index (χ4n) is 4.54. The van der Waals surface area contributed by atoms with Gasteiger partial charge >= 0.3 is 0 Å². The number of carbonyl (C=O) groups excluding carboxylic acids is 1. The molecule has 4 rings (SSSR count). The third kappa shape index (κ3) is 4.80. The molecule has 1 fully saturated rings. The number of primary amides is 1. The molecule has 0 bridgehead atoms. The van der Waals surface area contributed by atoms with Gasteiger partial charge in [-0.15, -0.1) is 0 Å². The molecule has 35 heavy (non-hydrogen) atoms. The van der Waals surface area contributed by atoms with Crippen LogP contribution in [-0.2, 0) is 9.84 Å². The maximum Gasteiger partial charge on any atom is 0.253 e. The van der Waals surface area contributed by atoms with Crippen molar-refractivity contribution in [3.05, 3.63) is 64.3 Å². The average molecular weight is 534 g/mol. The van der Waals surface area contributed by atoms with Crippen LogP contribution in [0.2, 0.25) is 10.0 Å². The molecule has 3 heterocycles. The van der Waals surface area contributed by atoms with Gasteiger partial charge < -0.3 is 16.0 Å². The summed E-state index contributed by atoms with van der Waals surface area (Å²) in [5.41, 5.74) is 5.71. The number of carbonyl (C=O) groups is 1. The van der Waals surface area contributed by atoms with E-state index in [1.165, 1.54) is 24.4 Å². The van der Waals surface area contributed by atoms with Crippen LogP contribution in [0.5, 0.6) is 0 Å². The molecule has 2 aromatic heterocycles. The molecule has 0 aliphatic carbocycles.